The molecule has 1 aliphatic heterocycles. The summed E-state index contributed by atoms with van der Waals surface area (Å²) in [7, 11) is 0. The molecule has 4 rings (SSSR count). The molecule has 1 atom stereocenters. The molecule has 2 aromatic carbocycles. The zero-order valence-electron chi connectivity index (χ0n) is 14.7. The lowest BCUT2D eigenvalue weighted by atomic mass is 9.96. The quantitative estimate of drug-likeness (QED) is 0.709. The number of aromatic amines is 1. The topological polar surface area (TPSA) is 65.2 Å². The summed E-state index contributed by atoms with van der Waals surface area (Å²) in [6.07, 6.45) is 1.58. The summed E-state index contributed by atoms with van der Waals surface area (Å²) in [5.74, 6) is -0.343. The van der Waals surface area contributed by atoms with E-state index >= 15 is 0 Å². The fourth-order valence-electron chi connectivity index (χ4n) is 3.51. The normalized spacial score (nSPS) is 17.1. The minimum atomic E-state index is -0.220. The minimum absolute atomic E-state index is 0.0600. The van der Waals surface area contributed by atoms with Crippen molar-refractivity contribution in [2.24, 2.45) is 5.92 Å². The van der Waals surface area contributed by atoms with Crippen molar-refractivity contribution >= 4 is 40.0 Å². The highest BCUT2D eigenvalue weighted by Crippen LogP contribution is 2.22. The number of amides is 2. The lowest BCUT2D eigenvalue weighted by molar-refractivity contribution is -0.121. The molecule has 5 nitrogen and oxygen atoms in total. The van der Waals surface area contributed by atoms with Crippen LogP contribution in [0.1, 0.15) is 23.3 Å². The number of H-pyrrole nitrogens is 1. The van der Waals surface area contributed by atoms with Gasteiger partial charge in [0.2, 0.25) is 5.91 Å². The van der Waals surface area contributed by atoms with Crippen molar-refractivity contribution in [2.45, 2.75) is 12.8 Å². The summed E-state index contributed by atoms with van der Waals surface area (Å²) in [5, 5.41) is 4.55. The van der Waals surface area contributed by atoms with Gasteiger partial charge < -0.3 is 15.2 Å². The van der Waals surface area contributed by atoms with Gasteiger partial charge in [-0.2, -0.15) is 0 Å². The van der Waals surface area contributed by atoms with Crippen LogP contribution in [0.4, 0.5) is 5.69 Å². The van der Waals surface area contributed by atoms with Crippen LogP contribution < -0.4 is 5.32 Å². The van der Waals surface area contributed by atoms with E-state index < -0.39 is 0 Å². The number of aromatic nitrogens is 1. The first-order valence-electron chi connectivity index (χ1n) is 9.03. The fourth-order valence-corrected chi connectivity index (χ4v) is 3.64. The van der Waals surface area contributed by atoms with Crippen molar-refractivity contribution in [3.8, 4) is 0 Å². The second kappa shape index (κ2) is 7.45. The van der Waals surface area contributed by atoms with Crippen LogP contribution in [0.5, 0.6) is 0 Å². The highest BCUT2D eigenvalue weighted by atomic mass is 35.5. The average Bonchev–Trinajstić information content (AvgIpc) is 3.13. The minimum Gasteiger partial charge on any atom is -0.351 e. The standard InChI is InChI=1S/C21H20ClN3O2/c22-16-7-9-17(10-8-16)23-20(26)15-5-3-11-25(13-15)21(27)19-12-14-4-1-2-6-18(14)24-19/h1-2,4,6-10,12,15,24H,3,5,11,13H2,(H,23,26)/t15-/m0/s1. The van der Waals surface area contributed by atoms with Gasteiger partial charge in [0.05, 0.1) is 5.92 Å². The molecule has 2 amide bonds. The van der Waals surface area contributed by atoms with Crippen molar-refractivity contribution in [1.29, 1.82) is 0 Å². The van der Waals surface area contributed by atoms with Crippen LogP contribution >= 0.6 is 11.6 Å². The first kappa shape index (κ1) is 17.6. The zero-order valence-corrected chi connectivity index (χ0v) is 15.5. The van der Waals surface area contributed by atoms with Crippen molar-refractivity contribution < 1.29 is 9.59 Å². The van der Waals surface area contributed by atoms with E-state index in [-0.39, 0.29) is 17.7 Å². The van der Waals surface area contributed by atoms with E-state index in [0.29, 0.717) is 29.5 Å². The van der Waals surface area contributed by atoms with Crippen molar-refractivity contribution in [2.75, 3.05) is 18.4 Å². The maximum atomic E-state index is 12.9. The lowest BCUT2D eigenvalue weighted by Crippen LogP contribution is -2.43. The van der Waals surface area contributed by atoms with Crippen molar-refractivity contribution in [1.82, 2.24) is 9.88 Å². The summed E-state index contributed by atoms with van der Waals surface area (Å²) in [6.45, 7) is 1.09. The third kappa shape index (κ3) is 3.83. The number of hydrogen-bond donors (Lipinski definition) is 2. The number of likely N-dealkylation sites (tertiary alicyclic amines) is 1. The fraction of sp³-hybridized carbons (Fsp3) is 0.238. The number of nitrogens with zero attached hydrogens (tertiary/aromatic N) is 1. The molecule has 6 heteroatoms. The Kier molecular flexibility index (Phi) is 4.86. The summed E-state index contributed by atoms with van der Waals surface area (Å²) >= 11 is 5.88. The Morgan fingerprint density at radius 1 is 1.11 bits per heavy atom. The van der Waals surface area contributed by atoms with E-state index in [0.717, 1.165) is 23.7 Å². The number of halogens is 1. The molecule has 1 aromatic heterocycles. The monoisotopic (exact) mass is 381 g/mol. The second-order valence-corrected chi connectivity index (χ2v) is 7.29. The van der Waals surface area contributed by atoms with E-state index in [1.54, 1.807) is 29.2 Å². The van der Waals surface area contributed by atoms with E-state index in [2.05, 4.69) is 10.3 Å². The van der Waals surface area contributed by atoms with Crippen LogP contribution in [-0.2, 0) is 4.79 Å². The Bertz CT molecular complexity index is 948. The maximum Gasteiger partial charge on any atom is 0.270 e. The predicted octanol–water partition coefficient (Wildman–Crippen LogP) is 4.31. The lowest BCUT2D eigenvalue weighted by Gasteiger charge is -2.31. The number of rotatable bonds is 3. The number of carbonyl (C=O) groups excluding carboxylic acids is 2. The molecule has 1 aliphatic rings. The Morgan fingerprint density at radius 2 is 1.89 bits per heavy atom. The van der Waals surface area contributed by atoms with Gasteiger partial charge in [-0.3, -0.25) is 9.59 Å². The molecule has 0 unspecified atom stereocenters. The average molecular weight is 382 g/mol. The Balaban J connectivity index is 1.44. The molecule has 138 valence electrons. The van der Waals surface area contributed by atoms with Crippen LogP contribution in [-0.4, -0.2) is 34.8 Å². The van der Waals surface area contributed by atoms with Gasteiger partial charge in [0, 0.05) is 34.7 Å². The summed E-state index contributed by atoms with van der Waals surface area (Å²) in [4.78, 5) is 30.4. The number of anilines is 1. The first-order chi connectivity index (χ1) is 13.1. The third-order valence-corrected chi connectivity index (χ3v) is 5.20. The molecule has 1 fully saturated rings. The maximum absolute atomic E-state index is 12.9. The van der Waals surface area contributed by atoms with Crippen LogP contribution in [0.3, 0.4) is 0 Å². The van der Waals surface area contributed by atoms with Crippen LogP contribution in [0.15, 0.2) is 54.6 Å². The second-order valence-electron chi connectivity index (χ2n) is 6.86. The third-order valence-electron chi connectivity index (χ3n) is 4.95. The Labute approximate surface area is 162 Å². The van der Waals surface area contributed by atoms with Crippen LogP contribution in [0, 0.1) is 5.92 Å². The molecular formula is C21H20ClN3O2. The number of nitrogens with one attached hydrogen (secondary N) is 2. The van der Waals surface area contributed by atoms with E-state index in [1.165, 1.54) is 0 Å². The zero-order chi connectivity index (χ0) is 18.8. The molecule has 1 saturated heterocycles. The smallest absolute Gasteiger partial charge is 0.270 e. The number of para-hydroxylation sites is 1. The summed E-state index contributed by atoms with van der Waals surface area (Å²) in [5.41, 5.74) is 2.22. The van der Waals surface area contributed by atoms with Crippen LogP contribution in [0.25, 0.3) is 10.9 Å². The van der Waals surface area contributed by atoms with Gasteiger partial charge in [-0.25, -0.2) is 0 Å². The number of piperidine rings is 1. The van der Waals surface area contributed by atoms with Crippen LogP contribution in [0.2, 0.25) is 5.02 Å². The molecule has 27 heavy (non-hydrogen) atoms. The van der Waals surface area contributed by atoms with Gasteiger partial charge in [0.15, 0.2) is 0 Å². The highest BCUT2D eigenvalue weighted by molar-refractivity contribution is 6.30. The highest BCUT2D eigenvalue weighted by Gasteiger charge is 2.29. The largest absolute Gasteiger partial charge is 0.351 e. The Hall–Kier alpha value is -2.79. The molecule has 0 spiro atoms. The molecular weight excluding hydrogens is 362 g/mol. The van der Waals surface area contributed by atoms with Gasteiger partial charge in [-0.15, -0.1) is 0 Å². The predicted molar refractivity (Wildman–Crippen MR) is 107 cm³/mol. The van der Waals surface area contributed by atoms with Crippen molar-refractivity contribution in [3.05, 3.63) is 65.3 Å². The van der Waals surface area contributed by atoms with E-state index in [9.17, 15) is 9.59 Å². The Morgan fingerprint density at radius 3 is 2.67 bits per heavy atom. The molecule has 2 N–H and O–H groups in total. The van der Waals surface area contributed by atoms with Gasteiger partial charge >= 0.3 is 0 Å². The van der Waals surface area contributed by atoms with Gasteiger partial charge in [0.25, 0.3) is 5.91 Å². The molecule has 0 aliphatic carbocycles. The number of carbonyl (C=O) groups is 2. The van der Waals surface area contributed by atoms with E-state index in [4.69, 9.17) is 11.6 Å². The molecule has 0 saturated carbocycles. The van der Waals surface area contributed by atoms with Gasteiger partial charge in [-0.05, 0) is 49.2 Å². The summed E-state index contributed by atoms with van der Waals surface area (Å²) < 4.78 is 0. The number of benzene rings is 2. The molecule has 0 bridgehead atoms. The van der Waals surface area contributed by atoms with Gasteiger partial charge in [-0.1, -0.05) is 29.8 Å². The van der Waals surface area contributed by atoms with Crippen molar-refractivity contribution in [3.63, 3.8) is 0 Å². The first-order valence-corrected chi connectivity index (χ1v) is 9.41. The molecule has 2 heterocycles. The van der Waals surface area contributed by atoms with Gasteiger partial charge in [0.1, 0.15) is 5.69 Å². The van der Waals surface area contributed by atoms with E-state index in [1.807, 2.05) is 30.3 Å². The number of fused-ring (bicyclic) bond motifs is 1. The molecule has 0 radical (unpaired) electrons. The number of hydrogen-bond acceptors (Lipinski definition) is 2. The summed E-state index contributed by atoms with van der Waals surface area (Å²) in [6, 6.07) is 16.7. The SMILES string of the molecule is O=C(Nc1ccc(Cl)cc1)[C@H]1CCCN(C(=O)c2cc3ccccc3[nH]2)C1. The molecule has 3 aromatic rings.